The quantitative estimate of drug-likeness (QED) is 0.723. The van der Waals surface area contributed by atoms with Crippen LogP contribution < -0.4 is 11.1 Å². The Morgan fingerprint density at radius 1 is 1.53 bits per heavy atom. The van der Waals surface area contributed by atoms with Gasteiger partial charge in [0.25, 0.3) is 0 Å². The normalized spacial score (nSPS) is 22.4. The predicted octanol–water partition coefficient (Wildman–Crippen LogP) is 3.05. The molecule has 0 radical (unpaired) electrons. The fraction of sp³-hybridized carbons (Fsp3) is 0.500. The van der Waals surface area contributed by atoms with Crippen molar-refractivity contribution in [2.75, 3.05) is 16.8 Å². The highest BCUT2D eigenvalue weighted by Crippen LogP contribution is 2.33. The van der Waals surface area contributed by atoms with Crippen molar-refractivity contribution >= 4 is 29.1 Å². The number of aromatic carboxylic acids is 1. The Balaban J connectivity index is 2.17. The first kappa shape index (κ1) is 14.1. The SMILES string of the molecule is CCSC1CCCC1Nc1cc(N)ccc1C(=O)O. The van der Waals surface area contributed by atoms with Crippen LogP contribution in [-0.4, -0.2) is 28.1 Å². The molecule has 19 heavy (non-hydrogen) atoms. The second kappa shape index (κ2) is 6.19. The number of benzene rings is 1. The van der Waals surface area contributed by atoms with Crippen LogP contribution in [0.5, 0.6) is 0 Å². The predicted molar refractivity (Wildman–Crippen MR) is 81.0 cm³/mol. The first-order chi connectivity index (χ1) is 9.11. The highest BCUT2D eigenvalue weighted by Gasteiger charge is 2.28. The second-order valence-corrected chi connectivity index (χ2v) is 6.30. The van der Waals surface area contributed by atoms with Gasteiger partial charge in [-0.25, -0.2) is 4.79 Å². The zero-order valence-electron chi connectivity index (χ0n) is 11.1. The first-order valence-corrected chi connectivity index (χ1v) is 7.67. The summed E-state index contributed by atoms with van der Waals surface area (Å²) in [6.07, 6.45) is 3.48. The minimum Gasteiger partial charge on any atom is -0.478 e. The van der Waals surface area contributed by atoms with E-state index in [1.54, 1.807) is 18.2 Å². The van der Waals surface area contributed by atoms with Crippen LogP contribution in [0.3, 0.4) is 0 Å². The molecule has 1 aliphatic rings. The van der Waals surface area contributed by atoms with Gasteiger partial charge in [-0.3, -0.25) is 0 Å². The van der Waals surface area contributed by atoms with E-state index >= 15 is 0 Å². The number of anilines is 2. The van der Waals surface area contributed by atoms with Crippen LogP contribution >= 0.6 is 11.8 Å². The van der Waals surface area contributed by atoms with Gasteiger partial charge in [-0.1, -0.05) is 13.3 Å². The maximum absolute atomic E-state index is 11.2. The number of carboxylic acid groups (broad SMARTS) is 1. The molecule has 1 aromatic carbocycles. The highest BCUT2D eigenvalue weighted by atomic mass is 32.2. The summed E-state index contributed by atoms with van der Waals surface area (Å²) in [6.45, 7) is 2.16. The van der Waals surface area contributed by atoms with Crippen LogP contribution in [0.15, 0.2) is 18.2 Å². The Hall–Kier alpha value is -1.36. The van der Waals surface area contributed by atoms with Crippen LogP contribution in [0.25, 0.3) is 0 Å². The number of nitrogens with one attached hydrogen (secondary N) is 1. The summed E-state index contributed by atoms with van der Waals surface area (Å²) in [5, 5.41) is 13.2. The van der Waals surface area contributed by atoms with Gasteiger partial charge in [-0.05, 0) is 36.8 Å². The van der Waals surface area contributed by atoms with Crippen LogP contribution in [-0.2, 0) is 0 Å². The number of hydrogen-bond acceptors (Lipinski definition) is 4. The molecule has 4 N–H and O–H groups in total. The molecule has 2 unspecified atom stereocenters. The molecule has 0 bridgehead atoms. The molecule has 1 aromatic rings. The molecule has 2 rings (SSSR count). The summed E-state index contributed by atoms with van der Waals surface area (Å²) < 4.78 is 0. The van der Waals surface area contributed by atoms with Gasteiger partial charge >= 0.3 is 5.97 Å². The largest absolute Gasteiger partial charge is 0.478 e. The monoisotopic (exact) mass is 280 g/mol. The van der Waals surface area contributed by atoms with Crippen molar-refractivity contribution in [2.45, 2.75) is 37.5 Å². The van der Waals surface area contributed by atoms with Gasteiger partial charge < -0.3 is 16.2 Å². The van der Waals surface area contributed by atoms with E-state index in [1.165, 1.54) is 12.8 Å². The van der Waals surface area contributed by atoms with E-state index < -0.39 is 5.97 Å². The third kappa shape index (κ3) is 3.35. The molecular formula is C14H20N2O2S. The average molecular weight is 280 g/mol. The summed E-state index contributed by atoms with van der Waals surface area (Å²) in [5.41, 5.74) is 7.28. The summed E-state index contributed by atoms with van der Waals surface area (Å²) in [6, 6.07) is 5.25. The summed E-state index contributed by atoms with van der Waals surface area (Å²) >= 11 is 1.94. The lowest BCUT2D eigenvalue weighted by Gasteiger charge is -2.22. The van der Waals surface area contributed by atoms with E-state index in [0.717, 1.165) is 12.2 Å². The lowest BCUT2D eigenvalue weighted by Crippen LogP contribution is -2.27. The summed E-state index contributed by atoms with van der Waals surface area (Å²) in [4.78, 5) is 11.2. The van der Waals surface area contributed by atoms with Gasteiger partial charge in [0.15, 0.2) is 0 Å². The lowest BCUT2D eigenvalue weighted by atomic mass is 10.1. The zero-order valence-corrected chi connectivity index (χ0v) is 11.9. The number of hydrogen-bond donors (Lipinski definition) is 3. The lowest BCUT2D eigenvalue weighted by molar-refractivity contribution is 0.0698. The van der Waals surface area contributed by atoms with Crippen molar-refractivity contribution in [1.29, 1.82) is 0 Å². The highest BCUT2D eigenvalue weighted by molar-refractivity contribution is 7.99. The summed E-state index contributed by atoms with van der Waals surface area (Å²) in [7, 11) is 0. The Kier molecular flexibility index (Phi) is 4.58. The van der Waals surface area contributed by atoms with Gasteiger partial charge in [-0.15, -0.1) is 0 Å². The topological polar surface area (TPSA) is 75.3 Å². The third-order valence-electron chi connectivity index (χ3n) is 3.45. The van der Waals surface area contributed by atoms with Gasteiger partial charge in [0.2, 0.25) is 0 Å². The number of thioether (sulfide) groups is 1. The minimum absolute atomic E-state index is 0.293. The number of rotatable bonds is 5. The molecule has 1 saturated carbocycles. The average Bonchev–Trinajstić information content (AvgIpc) is 2.77. The van der Waals surface area contributed by atoms with Crippen LogP contribution in [0.1, 0.15) is 36.5 Å². The van der Waals surface area contributed by atoms with Crippen molar-refractivity contribution in [3.63, 3.8) is 0 Å². The molecule has 1 aliphatic carbocycles. The fourth-order valence-corrected chi connectivity index (χ4v) is 3.77. The second-order valence-electron chi connectivity index (χ2n) is 4.79. The number of carbonyl (C=O) groups is 1. The molecule has 2 atom stereocenters. The first-order valence-electron chi connectivity index (χ1n) is 6.62. The van der Waals surface area contributed by atoms with Crippen LogP contribution in [0, 0.1) is 0 Å². The van der Waals surface area contributed by atoms with E-state index in [1.807, 2.05) is 11.8 Å². The zero-order chi connectivity index (χ0) is 13.8. The van der Waals surface area contributed by atoms with Crippen molar-refractivity contribution in [1.82, 2.24) is 0 Å². The Labute approximate surface area is 117 Å². The van der Waals surface area contributed by atoms with Crippen molar-refractivity contribution in [2.24, 2.45) is 0 Å². The van der Waals surface area contributed by atoms with E-state index in [9.17, 15) is 9.90 Å². The van der Waals surface area contributed by atoms with Crippen molar-refractivity contribution < 1.29 is 9.90 Å². The molecule has 0 aromatic heterocycles. The number of carboxylic acids is 1. The standard InChI is InChI=1S/C14H20N2O2S/c1-2-19-13-5-3-4-11(13)16-12-8-9(15)6-7-10(12)14(17)18/h6-8,11,13,16H,2-5,15H2,1H3,(H,17,18). The molecule has 0 saturated heterocycles. The Morgan fingerprint density at radius 2 is 2.32 bits per heavy atom. The smallest absolute Gasteiger partial charge is 0.337 e. The molecule has 0 spiro atoms. The minimum atomic E-state index is -0.916. The molecule has 5 heteroatoms. The van der Waals surface area contributed by atoms with E-state index in [4.69, 9.17) is 5.73 Å². The third-order valence-corrected chi connectivity index (χ3v) is 4.77. The molecule has 4 nitrogen and oxygen atoms in total. The van der Waals surface area contributed by atoms with E-state index in [2.05, 4.69) is 12.2 Å². The van der Waals surface area contributed by atoms with Gasteiger partial charge in [0.05, 0.1) is 11.3 Å². The molecule has 0 amide bonds. The Morgan fingerprint density at radius 3 is 3.00 bits per heavy atom. The number of nitrogen functional groups attached to an aromatic ring is 1. The van der Waals surface area contributed by atoms with Gasteiger partial charge in [-0.2, -0.15) is 11.8 Å². The van der Waals surface area contributed by atoms with Crippen molar-refractivity contribution in [3.8, 4) is 0 Å². The maximum atomic E-state index is 11.2. The van der Waals surface area contributed by atoms with Gasteiger partial charge in [0, 0.05) is 17.0 Å². The fourth-order valence-electron chi connectivity index (χ4n) is 2.57. The van der Waals surface area contributed by atoms with E-state index in [0.29, 0.717) is 28.2 Å². The van der Waals surface area contributed by atoms with Crippen LogP contribution in [0.4, 0.5) is 11.4 Å². The summed E-state index contributed by atoms with van der Waals surface area (Å²) in [5.74, 6) is 0.172. The molecule has 0 aliphatic heterocycles. The molecule has 1 fully saturated rings. The molecule has 104 valence electrons. The van der Waals surface area contributed by atoms with Crippen molar-refractivity contribution in [3.05, 3.63) is 23.8 Å². The number of nitrogens with two attached hydrogens (primary N) is 1. The van der Waals surface area contributed by atoms with Crippen LogP contribution in [0.2, 0.25) is 0 Å². The maximum Gasteiger partial charge on any atom is 0.337 e. The van der Waals surface area contributed by atoms with Gasteiger partial charge in [0.1, 0.15) is 0 Å². The molecular weight excluding hydrogens is 260 g/mol. The van der Waals surface area contributed by atoms with E-state index in [-0.39, 0.29) is 0 Å². The Bertz CT molecular complexity index is 465. The molecule has 0 heterocycles.